The number of hydroxylamine groups is 2. The van der Waals surface area contributed by atoms with Crippen LogP contribution >= 0.6 is 12.2 Å². The molecule has 2 heterocycles. The third kappa shape index (κ3) is 4.20. The number of aliphatic carboxylic acids is 1. The molecule has 2 amide bonds. The zero-order valence-electron chi connectivity index (χ0n) is 13.6. The molecule has 3 N–H and O–H groups in total. The van der Waals surface area contributed by atoms with Crippen LogP contribution in [0, 0.1) is 5.92 Å². The van der Waals surface area contributed by atoms with Crippen molar-refractivity contribution in [3.63, 3.8) is 0 Å². The van der Waals surface area contributed by atoms with E-state index in [9.17, 15) is 28.7 Å². The van der Waals surface area contributed by atoms with Crippen molar-refractivity contribution in [1.29, 1.82) is 0 Å². The Morgan fingerprint density at radius 3 is 2.62 bits per heavy atom. The van der Waals surface area contributed by atoms with Crippen LogP contribution < -0.4 is 45.7 Å². The summed E-state index contributed by atoms with van der Waals surface area (Å²) in [7, 11) is 0. The maximum absolute atomic E-state index is 12.4. The Morgan fingerprint density at radius 1 is 1.50 bits per heavy atom. The number of nitrogens with zero attached hydrogens (tertiary/aromatic N) is 1. The molecular weight excluding hydrogens is 384 g/mol. The summed E-state index contributed by atoms with van der Waals surface area (Å²) in [6, 6.07) is -1.18. The van der Waals surface area contributed by atoms with Gasteiger partial charge in [-0.3, -0.25) is 19.2 Å². The van der Waals surface area contributed by atoms with Crippen molar-refractivity contribution in [3.05, 3.63) is 12.4 Å². The van der Waals surface area contributed by atoms with Gasteiger partial charge in [-0.1, -0.05) is 12.2 Å². The van der Waals surface area contributed by atoms with E-state index >= 15 is 0 Å². The molecule has 0 aromatic rings. The molecule has 0 saturated carbocycles. The molecule has 0 spiro atoms. The number of thiocarbonyl (C=S) groups is 1. The quantitative estimate of drug-likeness (QED) is 0.254. The van der Waals surface area contributed by atoms with Crippen molar-refractivity contribution in [2.45, 2.75) is 24.6 Å². The third-order valence-electron chi connectivity index (χ3n) is 3.64. The van der Waals surface area contributed by atoms with Crippen LogP contribution in [0.15, 0.2) is 12.4 Å². The predicted octanol–water partition coefficient (Wildman–Crippen LogP) is -5.58. The van der Waals surface area contributed by atoms with Crippen LogP contribution in [0.3, 0.4) is 0 Å². The number of carboxylic acids is 1. The van der Waals surface area contributed by atoms with Gasteiger partial charge in [0.05, 0.1) is 17.7 Å². The standard InChI is InChI=1S/C13H14FN3O7S.Na/c14-4-2-6(9(15)19)10(25)16-7-5-23-17(11(7)20)13(12(21)22)3-1-8(18)24-13;/h2,4,6-7H,1,3,5H2,(H2,15,19)(H,16,25)(H,21,22);/q;+1/p-1/t6?,7-,13?;/m0./s1. The van der Waals surface area contributed by atoms with E-state index in [1.165, 1.54) is 0 Å². The fourth-order valence-corrected chi connectivity index (χ4v) is 2.73. The number of hydrogen-bond acceptors (Lipinski definition) is 8. The first-order valence-electron chi connectivity index (χ1n) is 7.00. The minimum Gasteiger partial charge on any atom is -0.544 e. The van der Waals surface area contributed by atoms with Gasteiger partial charge < -0.3 is 25.7 Å². The van der Waals surface area contributed by atoms with E-state index in [0.29, 0.717) is 5.06 Å². The second-order valence-corrected chi connectivity index (χ2v) is 5.67. The number of nitrogens with two attached hydrogens (primary N) is 1. The van der Waals surface area contributed by atoms with Crippen molar-refractivity contribution < 1.29 is 67.8 Å². The number of esters is 1. The van der Waals surface area contributed by atoms with Crippen LogP contribution in [0.2, 0.25) is 0 Å². The molecule has 2 aliphatic heterocycles. The average molecular weight is 397 g/mol. The Balaban J connectivity index is 0.00000338. The van der Waals surface area contributed by atoms with Crippen LogP contribution in [0.25, 0.3) is 0 Å². The largest absolute Gasteiger partial charge is 1.00 e. The van der Waals surface area contributed by atoms with E-state index in [4.69, 9.17) is 27.5 Å². The van der Waals surface area contributed by atoms with Crippen LogP contribution in [0.5, 0.6) is 0 Å². The summed E-state index contributed by atoms with van der Waals surface area (Å²) in [5.74, 6) is -5.81. The zero-order valence-corrected chi connectivity index (χ0v) is 16.4. The molecule has 0 radical (unpaired) electrons. The molecule has 2 saturated heterocycles. The molecule has 3 atom stereocenters. The SMILES string of the molecule is NC(=O)C(C=CF)C(=S)N[C@H]1CON(C2(C(=O)[O-])CCC(=O)O2)C1=O.[Na+]. The molecule has 2 rings (SSSR count). The topological polar surface area (TPSA) is 151 Å². The monoisotopic (exact) mass is 397 g/mol. The van der Waals surface area contributed by atoms with Gasteiger partial charge in [0, 0.05) is 6.42 Å². The number of carboxylic acid groups (broad SMARTS) is 1. The first-order chi connectivity index (χ1) is 11.7. The smallest absolute Gasteiger partial charge is 0.544 e. The van der Waals surface area contributed by atoms with Gasteiger partial charge >= 0.3 is 35.5 Å². The molecule has 13 heteroatoms. The molecular formula is C13H13FN3NaO7S. The number of rotatable bonds is 6. The van der Waals surface area contributed by atoms with E-state index in [-0.39, 0.29) is 60.3 Å². The number of hydrogen-bond donors (Lipinski definition) is 2. The number of halogens is 1. The molecule has 10 nitrogen and oxygen atoms in total. The van der Waals surface area contributed by atoms with Crippen molar-refractivity contribution >= 4 is 41.0 Å². The second-order valence-electron chi connectivity index (χ2n) is 5.23. The summed E-state index contributed by atoms with van der Waals surface area (Å²) in [6.07, 6.45) is 0.289. The van der Waals surface area contributed by atoms with Crippen LogP contribution in [-0.4, -0.2) is 52.2 Å². The zero-order chi connectivity index (χ0) is 18.8. The maximum atomic E-state index is 12.4. The minimum absolute atomic E-state index is 0. The van der Waals surface area contributed by atoms with E-state index in [1.54, 1.807) is 0 Å². The fraction of sp³-hybridized carbons (Fsp3) is 0.462. The Labute approximate surface area is 174 Å². The third-order valence-corrected chi connectivity index (χ3v) is 4.01. The Morgan fingerprint density at radius 2 is 2.15 bits per heavy atom. The fourth-order valence-electron chi connectivity index (χ4n) is 2.39. The number of carbonyl (C=O) groups is 4. The van der Waals surface area contributed by atoms with Crippen molar-refractivity contribution in [2.75, 3.05) is 6.61 Å². The summed E-state index contributed by atoms with van der Waals surface area (Å²) >= 11 is 4.91. The molecule has 136 valence electrons. The van der Waals surface area contributed by atoms with Gasteiger partial charge in [-0.25, -0.2) is 4.39 Å². The molecule has 0 aromatic heterocycles. The number of nitrogens with one attached hydrogen (secondary N) is 1. The van der Waals surface area contributed by atoms with E-state index in [0.717, 1.165) is 6.08 Å². The molecule has 2 aliphatic rings. The molecule has 0 bridgehead atoms. The summed E-state index contributed by atoms with van der Waals surface area (Å²) in [6.45, 7) is -0.365. The van der Waals surface area contributed by atoms with E-state index in [1.807, 2.05) is 0 Å². The van der Waals surface area contributed by atoms with Gasteiger partial charge in [0.2, 0.25) is 5.91 Å². The number of amides is 2. The van der Waals surface area contributed by atoms with Gasteiger partial charge in [0.1, 0.15) is 24.5 Å². The van der Waals surface area contributed by atoms with Crippen molar-refractivity contribution in [1.82, 2.24) is 10.4 Å². The predicted molar refractivity (Wildman–Crippen MR) is 78.3 cm³/mol. The number of cyclic esters (lactones) is 1. The molecule has 0 aromatic carbocycles. The Bertz CT molecular complexity index is 676. The van der Waals surface area contributed by atoms with Crippen LogP contribution in [0.4, 0.5) is 4.39 Å². The van der Waals surface area contributed by atoms with Gasteiger partial charge in [0.15, 0.2) is 0 Å². The van der Waals surface area contributed by atoms with Crippen molar-refractivity contribution in [2.24, 2.45) is 11.7 Å². The first kappa shape index (κ1) is 22.4. The van der Waals surface area contributed by atoms with Crippen LogP contribution in [-0.2, 0) is 28.8 Å². The molecule has 2 fully saturated rings. The summed E-state index contributed by atoms with van der Waals surface area (Å²) in [4.78, 5) is 51.1. The van der Waals surface area contributed by atoms with E-state index < -0.39 is 41.4 Å². The summed E-state index contributed by atoms with van der Waals surface area (Å²) in [5.41, 5.74) is 2.71. The Kier molecular flexibility index (Phi) is 7.65. The molecule has 0 aliphatic carbocycles. The van der Waals surface area contributed by atoms with Gasteiger partial charge in [-0.2, -0.15) is 5.06 Å². The molecule has 2 unspecified atom stereocenters. The number of primary amides is 1. The Hall–Kier alpha value is -1.60. The average Bonchev–Trinajstić information content (AvgIpc) is 3.09. The first-order valence-corrected chi connectivity index (χ1v) is 7.40. The number of ether oxygens (including phenoxy) is 1. The molecule has 26 heavy (non-hydrogen) atoms. The minimum atomic E-state index is -2.37. The van der Waals surface area contributed by atoms with Gasteiger partial charge in [-0.05, 0) is 6.08 Å². The van der Waals surface area contributed by atoms with E-state index in [2.05, 4.69) is 5.32 Å². The van der Waals surface area contributed by atoms with Crippen LogP contribution in [0.1, 0.15) is 12.8 Å². The summed E-state index contributed by atoms with van der Waals surface area (Å²) in [5, 5.41) is 14.3. The maximum Gasteiger partial charge on any atom is 1.00 e. The second kappa shape index (κ2) is 8.86. The van der Waals surface area contributed by atoms with Crippen molar-refractivity contribution in [3.8, 4) is 0 Å². The summed E-state index contributed by atoms with van der Waals surface area (Å²) < 4.78 is 17.0. The van der Waals surface area contributed by atoms with Gasteiger partial charge in [0.25, 0.3) is 11.6 Å². The number of carbonyl (C=O) groups excluding carboxylic acids is 4. The normalized spacial score (nSPS) is 26.3. The van der Waals surface area contributed by atoms with Gasteiger partial charge in [-0.15, -0.1) is 0 Å².